The second-order valence-electron chi connectivity index (χ2n) is 5.29. The Morgan fingerprint density at radius 2 is 2.29 bits per heavy atom. The monoisotopic (exact) mass is 305 g/mol. The maximum absolute atomic E-state index is 12.4. The van der Waals surface area contributed by atoms with Crippen LogP contribution in [0.5, 0.6) is 0 Å². The van der Waals surface area contributed by atoms with Crippen LogP contribution in [0.3, 0.4) is 0 Å². The van der Waals surface area contributed by atoms with Gasteiger partial charge < -0.3 is 11.1 Å². The molecule has 3 rings (SSSR count). The summed E-state index contributed by atoms with van der Waals surface area (Å²) in [6.45, 7) is 0.558. The molecule has 1 aliphatic carbocycles. The Morgan fingerprint density at radius 3 is 3.05 bits per heavy atom. The van der Waals surface area contributed by atoms with E-state index in [1.165, 1.54) is 11.3 Å². The van der Waals surface area contributed by atoms with Crippen molar-refractivity contribution in [1.82, 2.24) is 20.1 Å². The number of anilines is 1. The second-order valence-corrected chi connectivity index (χ2v) is 6.18. The summed E-state index contributed by atoms with van der Waals surface area (Å²) < 4.78 is 1.71. The smallest absolute Gasteiger partial charge is 0.269 e. The zero-order chi connectivity index (χ0) is 14.8. The molecule has 0 fully saturated rings. The number of rotatable bonds is 4. The van der Waals surface area contributed by atoms with Gasteiger partial charge in [0.15, 0.2) is 5.13 Å². The fourth-order valence-electron chi connectivity index (χ4n) is 2.79. The van der Waals surface area contributed by atoms with Crippen LogP contribution >= 0.6 is 11.3 Å². The van der Waals surface area contributed by atoms with Gasteiger partial charge in [-0.15, -0.1) is 11.3 Å². The van der Waals surface area contributed by atoms with Gasteiger partial charge in [0, 0.05) is 31.0 Å². The lowest BCUT2D eigenvalue weighted by atomic mass is 9.95. The van der Waals surface area contributed by atoms with Crippen molar-refractivity contribution in [3.8, 4) is 0 Å². The molecule has 3 N–H and O–H groups in total. The number of carbonyl (C=O) groups excluding carboxylic acids is 1. The van der Waals surface area contributed by atoms with Gasteiger partial charge in [0.05, 0.1) is 11.4 Å². The quantitative estimate of drug-likeness (QED) is 0.892. The molecule has 7 heteroatoms. The molecular weight excluding hydrogens is 286 g/mol. The van der Waals surface area contributed by atoms with Crippen molar-refractivity contribution in [3.63, 3.8) is 0 Å². The van der Waals surface area contributed by atoms with Crippen molar-refractivity contribution in [2.45, 2.75) is 32.1 Å². The SMILES string of the molecule is Cn1nc2c(c1C(=O)NCCc1csc(N)n1)CCCC2. The first-order valence-corrected chi connectivity index (χ1v) is 8.06. The summed E-state index contributed by atoms with van der Waals surface area (Å²) in [5.41, 5.74) is 9.43. The number of thiazole rings is 1. The average Bonchev–Trinajstić information content (AvgIpc) is 3.01. The average molecular weight is 305 g/mol. The lowest BCUT2D eigenvalue weighted by molar-refractivity contribution is 0.0943. The maximum Gasteiger partial charge on any atom is 0.269 e. The Labute approximate surface area is 127 Å². The van der Waals surface area contributed by atoms with E-state index in [0.29, 0.717) is 23.8 Å². The summed E-state index contributed by atoms with van der Waals surface area (Å²) in [4.78, 5) is 16.6. The van der Waals surface area contributed by atoms with Crippen LogP contribution in [0.15, 0.2) is 5.38 Å². The predicted octanol–water partition coefficient (Wildman–Crippen LogP) is 1.31. The molecule has 2 aromatic rings. The van der Waals surface area contributed by atoms with E-state index in [1.54, 1.807) is 4.68 Å². The van der Waals surface area contributed by atoms with E-state index in [-0.39, 0.29) is 5.91 Å². The number of nitrogens with two attached hydrogens (primary N) is 1. The summed E-state index contributed by atoms with van der Waals surface area (Å²) >= 11 is 1.42. The number of nitrogens with one attached hydrogen (secondary N) is 1. The number of aromatic nitrogens is 3. The van der Waals surface area contributed by atoms with E-state index < -0.39 is 0 Å². The first-order valence-electron chi connectivity index (χ1n) is 7.18. The second kappa shape index (κ2) is 5.85. The van der Waals surface area contributed by atoms with Gasteiger partial charge in [-0.05, 0) is 25.7 Å². The lowest BCUT2D eigenvalue weighted by Crippen LogP contribution is -2.28. The first kappa shape index (κ1) is 14.1. The number of fused-ring (bicyclic) bond motifs is 1. The summed E-state index contributed by atoms with van der Waals surface area (Å²) in [5.74, 6) is -0.0450. The van der Waals surface area contributed by atoms with E-state index in [4.69, 9.17) is 5.73 Å². The Morgan fingerprint density at radius 1 is 1.48 bits per heavy atom. The Kier molecular flexibility index (Phi) is 3.92. The third-order valence-corrected chi connectivity index (χ3v) is 4.49. The van der Waals surface area contributed by atoms with E-state index in [2.05, 4.69) is 15.4 Å². The van der Waals surface area contributed by atoms with Crippen molar-refractivity contribution in [1.29, 1.82) is 0 Å². The Hall–Kier alpha value is -1.89. The van der Waals surface area contributed by atoms with Crippen molar-refractivity contribution in [2.75, 3.05) is 12.3 Å². The standard InChI is InChI=1S/C14H19N5OS/c1-19-12(10-4-2-3-5-11(10)18-19)13(20)16-7-6-9-8-21-14(15)17-9/h8H,2-7H2,1H3,(H2,15,17)(H,16,20). The van der Waals surface area contributed by atoms with Gasteiger partial charge in [0.2, 0.25) is 0 Å². The van der Waals surface area contributed by atoms with Crippen molar-refractivity contribution >= 4 is 22.4 Å². The van der Waals surface area contributed by atoms with E-state index in [9.17, 15) is 4.79 Å². The molecule has 1 aliphatic rings. The molecule has 21 heavy (non-hydrogen) atoms. The van der Waals surface area contributed by atoms with Gasteiger partial charge in [-0.3, -0.25) is 9.48 Å². The molecule has 0 unspecified atom stereocenters. The largest absolute Gasteiger partial charge is 0.375 e. The Balaban J connectivity index is 1.64. The van der Waals surface area contributed by atoms with Crippen LogP contribution in [-0.4, -0.2) is 27.2 Å². The molecule has 0 aliphatic heterocycles. The maximum atomic E-state index is 12.4. The fourth-order valence-corrected chi connectivity index (χ4v) is 3.39. The zero-order valence-corrected chi connectivity index (χ0v) is 12.9. The fraction of sp³-hybridized carbons (Fsp3) is 0.500. The Bertz CT molecular complexity index is 660. The highest BCUT2D eigenvalue weighted by molar-refractivity contribution is 7.13. The first-order chi connectivity index (χ1) is 10.1. The van der Waals surface area contributed by atoms with Crippen molar-refractivity contribution in [3.05, 3.63) is 28.0 Å². The number of hydrogen-bond acceptors (Lipinski definition) is 5. The van der Waals surface area contributed by atoms with Crippen LogP contribution in [-0.2, 0) is 26.3 Å². The van der Waals surface area contributed by atoms with E-state index in [0.717, 1.165) is 42.6 Å². The minimum absolute atomic E-state index is 0.0450. The highest BCUT2D eigenvalue weighted by Gasteiger charge is 2.23. The zero-order valence-electron chi connectivity index (χ0n) is 12.1. The van der Waals surface area contributed by atoms with Gasteiger partial charge in [-0.25, -0.2) is 4.98 Å². The highest BCUT2D eigenvalue weighted by Crippen LogP contribution is 2.23. The number of nitrogen functional groups attached to an aromatic ring is 1. The highest BCUT2D eigenvalue weighted by atomic mass is 32.1. The van der Waals surface area contributed by atoms with Crippen LogP contribution < -0.4 is 11.1 Å². The van der Waals surface area contributed by atoms with Gasteiger partial charge in [0.25, 0.3) is 5.91 Å². The number of nitrogens with zero attached hydrogens (tertiary/aromatic N) is 3. The predicted molar refractivity (Wildman–Crippen MR) is 82.4 cm³/mol. The minimum Gasteiger partial charge on any atom is -0.375 e. The van der Waals surface area contributed by atoms with Gasteiger partial charge in [0.1, 0.15) is 5.69 Å². The third-order valence-electron chi connectivity index (χ3n) is 3.77. The molecule has 2 heterocycles. The molecule has 0 atom stereocenters. The summed E-state index contributed by atoms with van der Waals surface area (Å²) in [6, 6.07) is 0. The summed E-state index contributed by atoms with van der Waals surface area (Å²) in [6.07, 6.45) is 4.93. The normalized spacial score (nSPS) is 14.0. The van der Waals surface area contributed by atoms with Crippen LogP contribution in [0.25, 0.3) is 0 Å². The summed E-state index contributed by atoms with van der Waals surface area (Å²) in [7, 11) is 1.84. The minimum atomic E-state index is -0.0450. The van der Waals surface area contributed by atoms with Crippen molar-refractivity contribution < 1.29 is 4.79 Å². The summed E-state index contributed by atoms with van der Waals surface area (Å²) in [5, 5.41) is 9.92. The molecule has 0 bridgehead atoms. The third kappa shape index (κ3) is 2.92. The topological polar surface area (TPSA) is 85.8 Å². The molecule has 0 radical (unpaired) electrons. The molecule has 0 saturated carbocycles. The molecule has 2 aromatic heterocycles. The molecule has 112 valence electrons. The molecule has 0 aromatic carbocycles. The van der Waals surface area contributed by atoms with Crippen LogP contribution in [0, 0.1) is 0 Å². The van der Waals surface area contributed by atoms with Gasteiger partial charge in [-0.2, -0.15) is 5.10 Å². The van der Waals surface area contributed by atoms with Crippen LogP contribution in [0.4, 0.5) is 5.13 Å². The van der Waals surface area contributed by atoms with Crippen LogP contribution in [0.2, 0.25) is 0 Å². The number of hydrogen-bond donors (Lipinski definition) is 2. The molecule has 6 nitrogen and oxygen atoms in total. The molecule has 1 amide bonds. The van der Waals surface area contributed by atoms with E-state index >= 15 is 0 Å². The molecule has 0 spiro atoms. The molecule has 0 saturated heterocycles. The molecular formula is C14H19N5OS. The van der Waals surface area contributed by atoms with Crippen LogP contribution in [0.1, 0.15) is 40.3 Å². The van der Waals surface area contributed by atoms with Gasteiger partial charge >= 0.3 is 0 Å². The van der Waals surface area contributed by atoms with E-state index in [1.807, 2.05) is 12.4 Å². The lowest BCUT2D eigenvalue weighted by Gasteiger charge is -2.11. The number of carbonyl (C=O) groups is 1. The number of aryl methyl sites for hydroxylation is 2. The van der Waals surface area contributed by atoms with Crippen molar-refractivity contribution in [2.24, 2.45) is 7.05 Å². The number of amides is 1. The van der Waals surface area contributed by atoms with Gasteiger partial charge in [-0.1, -0.05) is 0 Å².